The lowest BCUT2D eigenvalue weighted by molar-refractivity contribution is -0.147. The fraction of sp³-hybridized carbons (Fsp3) is 0.917. The molecular formula is C12H24N4O2. The number of hydrogen-bond donors (Lipinski definition) is 1. The lowest BCUT2D eigenvalue weighted by Gasteiger charge is -2.38. The summed E-state index contributed by atoms with van der Waals surface area (Å²) in [6.45, 7) is 7.36. The first-order valence-corrected chi connectivity index (χ1v) is 6.69. The van der Waals surface area contributed by atoms with Crippen molar-refractivity contribution in [2.24, 2.45) is 5.73 Å². The molecule has 2 heterocycles. The van der Waals surface area contributed by atoms with Gasteiger partial charge in [-0.05, 0) is 7.05 Å². The molecule has 6 nitrogen and oxygen atoms in total. The molecule has 0 saturated carbocycles. The van der Waals surface area contributed by atoms with Gasteiger partial charge in [-0.25, -0.2) is 0 Å². The molecule has 2 rings (SSSR count). The quantitative estimate of drug-likeness (QED) is 0.658. The van der Waals surface area contributed by atoms with E-state index < -0.39 is 0 Å². The average molecular weight is 256 g/mol. The van der Waals surface area contributed by atoms with Crippen LogP contribution >= 0.6 is 0 Å². The fourth-order valence-corrected chi connectivity index (χ4v) is 2.48. The predicted octanol–water partition coefficient (Wildman–Crippen LogP) is -1.58. The zero-order chi connectivity index (χ0) is 13.0. The standard InChI is InChI=1S/C12H24N4O2/c1-14-2-4-15(5-3-14)6-7-16-11(8-13)9-18-10-12(16)17/h11H,2-10,13H2,1H3. The van der Waals surface area contributed by atoms with Crippen molar-refractivity contribution in [3.05, 3.63) is 0 Å². The Labute approximate surface area is 109 Å². The highest BCUT2D eigenvalue weighted by Gasteiger charge is 2.28. The molecule has 1 amide bonds. The molecule has 2 saturated heterocycles. The van der Waals surface area contributed by atoms with Crippen LogP contribution in [0.1, 0.15) is 0 Å². The van der Waals surface area contributed by atoms with Crippen LogP contribution in [0.3, 0.4) is 0 Å². The predicted molar refractivity (Wildman–Crippen MR) is 69.3 cm³/mol. The minimum atomic E-state index is 0.0544. The Bertz CT molecular complexity index is 279. The van der Waals surface area contributed by atoms with Crippen LogP contribution in [0.5, 0.6) is 0 Å². The van der Waals surface area contributed by atoms with Gasteiger partial charge in [0.05, 0.1) is 12.6 Å². The van der Waals surface area contributed by atoms with Gasteiger partial charge in [0.15, 0.2) is 0 Å². The van der Waals surface area contributed by atoms with Crippen molar-refractivity contribution < 1.29 is 9.53 Å². The summed E-state index contributed by atoms with van der Waals surface area (Å²) < 4.78 is 5.23. The summed E-state index contributed by atoms with van der Waals surface area (Å²) in [5, 5.41) is 0. The summed E-state index contributed by atoms with van der Waals surface area (Å²) in [5.41, 5.74) is 5.69. The van der Waals surface area contributed by atoms with E-state index in [1.807, 2.05) is 4.90 Å². The van der Waals surface area contributed by atoms with Crippen LogP contribution in [-0.4, -0.2) is 92.7 Å². The molecule has 18 heavy (non-hydrogen) atoms. The largest absolute Gasteiger partial charge is 0.369 e. The number of morpholine rings is 1. The van der Waals surface area contributed by atoms with Gasteiger partial charge in [-0.1, -0.05) is 0 Å². The molecule has 6 heteroatoms. The second-order valence-corrected chi connectivity index (χ2v) is 5.14. The molecular weight excluding hydrogens is 232 g/mol. The third kappa shape index (κ3) is 3.41. The third-order valence-electron chi connectivity index (χ3n) is 3.82. The van der Waals surface area contributed by atoms with E-state index in [0.717, 1.165) is 39.3 Å². The van der Waals surface area contributed by atoms with Crippen LogP contribution in [0, 0.1) is 0 Å². The van der Waals surface area contributed by atoms with Crippen molar-refractivity contribution in [2.45, 2.75) is 6.04 Å². The van der Waals surface area contributed by atoms with Gasteiger partial charge in [0.25, 0.3) is 0 Å². The first-order valence-electron chi connectivity index (χ1n) is 6.69. The van der Waals surface area contributed by atoms with Gasteiger partial charge in [0.2, 0.25) is 5.91 Å². The number of hydrogen-bond acceptors (Lipinski definition) is 5. The maximum absolute atomic E-state index is 11.8. The maximum atomic E-state index is 11.8. The van der Waals surface area contributed by atoms with E-state index in [-0.39, 0.29) is 18.6 Å². The zero-order valence-corrected chi connectivity index (χ0v) is 11.2. The molecule has 0 aromatic heterocycles. The summed E-state index contributed by atoms with van der Waals surface area (Å²) >= 11 is 0. The summed E-state index contributed by atoms with van der Waals surface area (Å²) in [6.07, 6.45) is 0. The minimum absolute atomic E-state index is 0.0544. The van der Waals surface area contributed by atoms with Crippen LogP contribution in [0.15, 0.2) is 0 Å². The molecule has 0 aromatic carbocycles. The van der Waals surface area contributed by atoms with Crippen molar-refractivity contribution in [3.8, 4) is 0 Å². The topological polar surface area (TPSA) is 62.0 Å². The number of likely N-dealkylation sites (N-methyl/N-ethyl adjacent to an activating group) is 1. The highest BCUT2D eigenvalue weighted by Crippen LogP contribution is 2.08. The van der Waals surface area contributed by atoms with Crippen molar-refractivity contribution in [1.29, 1.82) is 0 Å². The zero-order valence-electron chi connectivity index (χ0n) is 11.2. The van der Waals surface area contributed by atoms with Crippen LogP contribution in [0.4, 0.5) is 0 Å². The Balaban J connectivity index is 1.78. The maximum Gasteiger partial charge on any atom is 0.248 e. The number of ether oxygens (including phenoxy) is 1. The number of carbonyl (C=O) groups excluding carboxylic acids is 1. The smallest absolute Gasteiger partial charge is 0.248 e. The van der Waals surface area contributed by atoms with Gasteiger partial charge in [0, 0.05) is 45.8 Å². The van der Waals surface area contributed by atoms with E-state index in [4.69, 9.17) is 10.5 Å². The lowest BCUT2D eigenvalue weighted by atomic mass is 10.2. The van der Waals surface area contributed by atoms with Crippen molar-refractivity contribution >= 4 is 5.91 Å². The molecule has 0 radical (unpaired) electrons. The second-order valence-electron chi connectivity index (χ2n) is 5.14. The Hall–Kier alpha value is -0.690. The number of nitrogens with two attached hydrogens (primary N) is 1. The van der Waals surface area contributed by atoms with Crippen LogP contribution < -0.4 is 5.73 Å². The van der Waals surface area contributed by atoms with Crippen LogP contribution in [0.2, 0.25) is 0 Å². The Kier molecular flexibility index (Phi) is 4.94. The number of nitrogens with zero attached hydrogens (tertiary/aromatic N) is 3. The molecule has 0 aliphatic carbocycles. The summed E-state index contributed by atoms with van der Waals surface area (Å²) in [4.78, 5) is 18.4. The van der Waals surface area contributed by atoms with Crippen molar-refractivity contribution in [3.63, 3.8) is 0 Å². The highest BCUT2D eigenvalue weighted by atomic mass is 16.5. The summed E-state index contributed by atoms with van der Waals surface area (Å²) in [7, 11) is 2.15. The number of amides is 1. The summed E-state index contributed by atoms with van der Waals surface area (Å²) in [6, 6.07) is 0.0544. The highest BCUT2D eigenvalue weighted by molar-refractivity contribution is 5.78. The van der Waals surface area contributed by atoms with E-state index in [1.165, 1.54) is 0 Å². The van der Waals surface area contributed by atoms with Gasteiger partial charge < -0.3 is 20.3 Å². The molecule has 0 bridgehead atoms. The average Bonchev–Trinajstić information content (AvgIpc) is 2.39. The molecule has 104 valence electrons. The number of piperazine rings is 1. The van der Waals surface area contributed by atoms with Crippen molar-refractivity contribution in [2.75, 3.05) is 66.1 Å². The third-order valence-corrected chi connectivity index (χ3v) is 3.82. The van der Waals surface area contributed by atoms with Gasteiger partial charge in [0.1, 0.15) is 6.61 Å². The molecule has 2 fully saturated rings. The molecule has 2 N–H and O–H groups in total. The van der Waals surface area contributed by atoms with Gasteiger partial charge in [-0.15, -0.1) is 0 Å². The molecule has 1 atom stereocenters. The Morgan fingerprint density at radius 2 is 2.00 bits per heavy atom. The normalized spacial score (nSPS) is 27.8. The van der Waals surface area contributed by atoms with E-state index in [1.54, 1.807) is 0 Å². The van der Waals surface area contributed by atoms with Gasteiger partial charge in [-0.3, -0.25) is 9.69 Å². The molecule has 0 aromatic rings. The summed E-state index contributed by atoms with van der Waals surface area (Å²) in [5.74, 6) is 0.0748. The monoisotopic (exact) mass is 256 g/mol. The molecule has 2 aliphatic rings. The van der Waals surface area contributed by atoms with Crippen LogP contribution in [0.25, 0.3) is 0 Å². The molecule has 2 aliphatic heterocycles. The van der Waals surface area contributed by atoms with E-state index in [2.05, 4.69) is 16.8 Å². The van der Waals surface area contributed by atoms with Crippen molar-refractivity contribution in [1.82, 2.24) is 14.7 Å². The van der Waals surface area contributed by atoms with Gasteiger partial charge >= 0.3 is 0 Å². The first-order chi connectivity index (χ1) is 8.70. The van der Waals surface area contributed by atoms with E-state index in [0.29, 0.717) is 13.2 Å². The van der Waals surface area contributed by atoms with E-state index >= 15 is 0 Å². The van der Waals surface area contributed by atoms with E-state index in [9.17, 15) is 4.79 Å². The second kappa shape index (κ2) is 6.47. The number of carbonyl (C=O) groups is 1. The minimum Gasteiger partial charge on any atom is -0.369 e. The SMILES string of the molecule is CN1CCN(CCN2C(=O)COCC2CN)CC1. The van der Waals surface area contributed by atoms with Crippen LogP contribution in [-0.2, 0) is 9.53 Å². The first kappa shape index (κ1) is 13.7. The lowest BCUT2D eigenvalue weighted by Crippen LogP contribution is -2.55. The Morgan fingerprint density at radius 1 is 1.28 bits per heavy atom. The molecule has 1 unspecified atom stereocenters. The van der Waals surface area contributed by atoms with Gasteiger partial charge in [-0.2, -0.15) is 0 Å². The molecule has 0 spiro atoms. The Morgan fingerprint density at radius 3 is 2.67 bits per heavy atom. The number of rotatable bonds is 4. The fourth-order valence-electron chi connectivity index (χ4n) is 2.48.